The minimum Gasteiger partial charge on any atom is -0.305 e. The van der Waals surface area contributed by atoms with E-state index in [1.165, 1.54) is 5.19 Å². The average Bonchev–Trinajstić information content (AvgIpc) is 2.87. The van der Waals surface area contributed by atoms with Crippen LogP contribution in [0.4, 0.5) is 0 Å². The molecule has 1 aliphatic carbocycles. The molecular formula is C14H20OSi. The molecule has 1 nitrogen and oxygen atoms in total. The SMILES string of the molecule is C[C@H]1C(C(=O)[Si](C)(C)c2ccccc2)[C@@H]1C. The first-order chi connectivity index (χ1) is 7.46. The van der Waals surface area contributed by atoms with Gasteiger partial charge in [-0.25, -0.2) is 0 Å². The zero-order valence-electron chi connectivity index (χ0n) is 10.5. The van der Waals surface area contributed by atoms with Gasteiger partial charge in [0.25, 0.3) is 0 Å². The molecule has 0 saturated heterocycles. The van der Waals surface area contributed by atoms with Crippen LogP contribution < -0.4 is 5.19 Å². The Hall–Kier alpha value is -0.893. The van der Waals surface area contributed by atoms with Crippen molar-refractivity contribution in [2.45, 2.75) is 26.9 Å². The van der Waals surface area contributed by atoms with Gasteiger partial charge in [0.2, 0.25) is 0 Å². The monoisotopic (exact) mass is 232 g/mol. The Kier molecular flexibility index (Phi) is 2.78. The van der Waals surface area contributed by atoms with Crippen LogP contribution in [0.5, 0.6) is 0 Å². The summed E-state index contributed by atoms with van der Waals surface area (Å²) in [5.74, 6) is 1.54. The molecule has 0 heterocycles. The van der Waals surface area contributed by atoms with Gasteiger partial charge in [0, 0.05) is 5.92 Å². The zero-order valence-corrected chi connectivity index (χ0v) is 11.5. The molecule has 2 heteroatoms. The van der Waals surface area contributed by atoms with Crippen molar-refractivity contribution < 1.29 is 4.79 Å². The van der Waals surface area contributed by atoms with Crippen LogP contribution in [-0.4, -0.2) is 13.5 Å². The summed E-state index contributed by atoms with van der Waals surface area (Å²) in [5, 5.41) is 1.81. The van der Waals surface area contributed by atoms with E-state index in [1.54, 1.807) is 0 Å². The lowest BCUT2D eigenvalue weighted by Gasteiger charge is -2.21. The fraction of sp³-hybridized carbons (Fsp3) is 0.500. The molecule has 1 saturated carbocycles. The number of rotatable bonds is 3. The second-order valence-corrected chi connectivity index (χ2v) is 9.92. The molecule has 0 bridgehead atoms. The van der Waals surface area contributed by atoms with E-state index in [9.17, 15) is 4.79 Å². The lowest BCUT2D eigenvalue weighted by molar-refractivity contribution is -0.114. The van der Waals surface area contributed by atoms with Gasteiger partial charge in [-0.2, -0.15) is 0 Å². The third kappa shape index (κ3) is 1.75. The number of hydrogen-bond acceptors (Lipinski definition) is 1. The molecule has 1 aromatic rings. The molecule has 1 aromatic carbocycles. The lowest BCUT2D eigenvalue weighted by Crippen LogP contribution is -2.51. The third-order valence-electron chi connectivity index (χ3n) is 4.24. The Bertz CT molecular complexity index is 388. The average molecular weight is 232 g/mol. The van der Waals surface area contributed by atoms with Gasteiger partial charge >= 0.3 is 0 Å². The van der Waals surface area contributed by atoms with E-state index in [1.807, 2.05) is 18.2 Å². The predicted molar refractivity (Wildman–Crippen MR) is 70.4 cm³/mol. The highest BCUT2D eigenvalue weighted by atomic mass is 28.3. The minimum absolute atomic E-state index is 0.335. The van der Waals surface area contributed by atoms with E-state index >= 15 is 0 Å². The van der Waals surface area contributed by atoms with Gasteiger partial charge in [0.05, 0.1) is 0 Å². The molecule has 0 N–H and O–H groups in total. The Labute approximate surface area is 98.9 Å². The van der Waals surface area contributed by atoms with E-state index in [0.29, 0.717) is 23.2 Å². The molecule has 0 radical (unpaired) electrons. The second-order valence-electron chi connectivity index (χ2n) is 5.60. The van der Waals surface area contributed by atoms with Crippen molar-refractivity contribution in [3.63, 3.8) is 0 Å². The summed E-state index contributed by atoms with van der Waals surface area (Å²) >= 11 is 0. The highest BCUT2D eigenvalue weighted by Gasteiger charge is 2.52. The molecule has 86 valence electrons. The van der Waals surface area contributed by atoms with E-state index in [-0.39, 0.29) is 0 Å². The second kappa shape index (κ2) is 3.84. The fourth-order valence-electron chi connectivity index (χ4n) is 2.55. The van der Waals surface area contributed by atoms with Crippen LogP contribution in [0.25, 0.3) is 0 Å². The summed E-state index contributed by atoms with van der Waals surface area (Å²) in [6.45, 7) is 8.76. The van der Waals surface area contributed by atoms with Gasteiger partial charge in [-0.1, -0.05) is 62.5 Å². The Morgan fingerprint density at radius 3 is 2.00 bits per heavy atom. The van der Waals surface area contributed by atoms with Crippen molar-refractivity contribution in [3.8, 4) is 0 Å². The molecule has 0 amide bonds. The largest absolute Gasteiger partial charge is 0.305 e. The smallest absolute Gasteiger partial charge is 0.157 e. The zero-order chi connectivity index (χ0) is 11.9. The maximum Gasteiger partial charge on any atom is 0.157 e. The molecule has 0 aliphatic heterocycles. The summed E-state index contributed by atoms with van der Waals surface area (Å²) < 4.78 is 0. The normalized spacial score (nSPS) is 28.9. The van der Waals surface area contributed by atoms with Crippen LogP contribution >= 0.6 is 0 Å². The summed E-state index contributed by atoms with van der Waals surface area (Å²) in [5.41, 5.74) is 0. The maximum atomic E-state index is 12.5. The predicted octanol–water partition coefficient (Wildman–Crippen LogP) is 2.61. The van der Waals surface area contributed by atoms with Crippen molar-refractivity contribution in [1.29, 1.82) is 0 Å². The van der Waals surface area contributed by atoms with Gasteiger partial charge in [0.15, 0.2) is 8.07 Å². The third-order valence-corrected chi connectivity index (χ3v) is 7.58. The summed E-state index contributed by atoms with van der Waals surface area (Å²) in [7, 11) is -1.91. The van der Waals surface area contributed by atoms with Crippen molar-refractivity contribution in [2.75, 3.05) is 0 Å². The summed E-state index contributed by atoms with van der Waals surface area (Å²) in [6.07, 6.45) is 0. The number of carbonyl (C=O) groups excluding carboxylic acids is 1. The number of hydrogen-bond donors (Lipinski definition) is 0. The van der Waals surface area contributed by atoms with Crippen molar-refractivity contribution >= 4 is 18.7 Å². The highest BCUT2D eigenvalue weighted by molar-refractivity contribution is 7.13. The quantitative estimate of drug-likeness (QED) is 0.732. The summed E-state index contributed by atoms with van der Waals surface area (Å²) in [6, 6.07) is 10.3. The van der Waals surface area contributed by atoms with Crippen molar-refractivity contribution in [1.82, 2.24) is 0 Å². The standard InChI is InChI=1S/C14H20OSi/c1-10-11(2)13(10)14(15)16(3,4)12-8-6-5-7-9-12/h5-11,13H,1-4H3/t10-,11-/m1/s1. The Balaban J connectivity index is 2.23. The van der Waals surface area contributed by atoms with E-state index in [0.717, 1.165) is 0 Å². The van der Waals surface area contributed by atoms with E-state index in [2.05, 4.69) is 39.1 Å². The van der Waals surface area contributed by atoms with Crippen molar-refractivity contribution in [2.24, 2.45) is 17.8 Å². The van der Waals surface area contributed by atoms with Gasteiger partial charge < -0.3 is 4.79 Å². The topological polar surface area (TPSA) is 17.1 Å². The molecule has 0 aromatic heterocycles. The van der Waals surface area contributed by atoms with E-state index in [4.69, 9.17) is 0 Å². The van der Waals surface area contributed by atoms with Crippen molar-refractivity contribution in [3.05, 3.63) is 30.3 Å². The molecule has 0 unspecified atom stereocenters. The molecule has 2 rings (SSSR count). The van der Waals surface area contributed by atoms with Gasteiger partial charge in [-0.3, -0.25) is 0 Å². The van der Waals surface area contributed by atoms with Crippen LogP contribution in [0.3, 0.4) is 0 Å². The molecule has 0 spiro atoms. The molecular weight excluding hydrogens is 212 g/mol. The number of benzene rings is 1. The van der Waals surface area contributed by atoms with Gasteiger partial charge in [0.1, 0.15) is 5.41 Å². The van der Waals surface area contributed by atoms with Crippen LogP contribution in [0, 0.1) is 17.8 Å². The van der Waals surface area contributed by atoms with Crippen LogP contribution in [0.1, 0.15) is 13.8 Å². The fourth-order valence-corrected chi connectivity index (χ4v) is 5.22. The lowest BCUT2D eigenvalue weighted by atomic mass is 10.4. The van der Waals surface area contributed by atoms with Gasteiger partial charge in [-0.05, 0) is 11.8 Å². The summed E-state index contributed by atoms with van der Waals surface area (Å²) in [4.78, 5) is 12.5. The highest BCUT2D eigenvalue weighted by Crippen LogP contribution is 2.47. The van der Waals surface area contributed by atoms with Crippen LogP contribution in [0.2, 0.25) is 13.1 Å². The molecule has 16 heavy (non-hydrogen) atoms. The Morgan fingerprint density at radius 1 is 1.06 bits per heavy atom. The van der Waals surface area contributed by atoms with Crippen LogP contribution in [0.15, 0.2) is 30.3 Å². The van der Waals surface area contributed by atoms with Gasteiger partial charge in [-0.15, -0.1) is 0 Å². The molecule has 1 fully saturated rings. The molecule has 2 atom stereocenters. The number of carbonyl (C=O) groups is 1. The first-order valence-corrected chi connectivity index (χ1v) is 9.06. The van der Waals surface area contributed by atoms with Crippen LogP contribution in [-0.2, 0) is 4.79 Å². The Morgan fingerprint density at radius 2 is 1.56 bits per heavy atom. The maximum absolute atomic E-state index is 12.5. The first kappa shape index (κ1) is 11.6. The molecule has 1 aliphatic rings. The first-order valence-electron chi connectivity index (χ1n) is 6.06. The van der Waals surface area contributed by atoms with E-state index < -0.39 is 8.07 Å². The minimum atomic E-state index is -1.91.